The van der Waals surface area contributed by atoms with Crippen molar-refractivity contribution in [3.63, 3.8) is 0 Å². The molecular weight excluding hydrogens is 426 g/mol. The number of nitrogens with zero attached hydrogens (tertiary/aromatic N) is 1. The first-order valence-corrected chi connectivity index (χ1v) is 11.3. The molecule has 1 aromatic heterocycles. The van der Waals surface area contributed by atoms with Crippen molar-refractivity contribution < 1.29 is 21.4 Å². The summed E-state index contributed by atoms with van der Waals surface area (Å²) in [5.74, 6) is 0.450. The number of hydrogen-bond acceptors (Lipinski definition) is 6. The highest BCUT2D eigenvalue weighted by Crippen LogP contribution is 2.32. The van der Waals surface area contributed by atoms with Crippen molar-refractivity contribution in [1.29, 1.82) is 0 Å². The molecule has 0 amide bonds. The highest BCUT2D eigenvalue weighted by Gasteiger charge is 2.23. The van der Waals surface area contributed by atoms with E-state index in [1.807, 2.05) is 0 Å². The van der Waals surface area contributed by atoms with Gasteiger partial charge in [0.1, 0.15) is 10.7 Å². The van der Waals surface area contributed by atoms with Crippen LogP contribution in [0, 0.1) is 13.8 Å². The van der Waals surface area contributed by atoms with Gasteiger partial charge in [-0.1, -0.05) is 35.0 Å². The minimum absolute atomic E-state index is 0.0140. The fourth-order valence-electron chi connectivity index (χ4n) is 2.39. The Labute approximate surface area is 167 Å². The van der Waals surface area contributed by atoms with Gasteiger partial charge in [-0.25, -0.2) is 16.8 Å². The molecule has 8 nitrogen and oxygen atoms in total. The van der Waals surface area contributed by atoms with E-state index in [1.165, 1.54) is 37.3 Å². The lowest BCUT2D eigenvalue weighted by Crippen LogP contribution is -2.16. The standard InChI is InChI=1S/C17H16ClN3O5S2/c1-11-10-16(19-26-11)21-28(24,25)15-9-8-14(12(2)17(15)18)20-27(22,23)13-6-4-3-5-7-13/h3-10,20H,1-2H3,(H,19,21). The van der Waals surface area contributed by atoms with E-state index in [-0.39, 0.29) is 31.9 Å². The van der Waals surface area contributed by atoms with Crippen molar-refractivity contribution in [2.75, 3.05) is 9.44 Å². The van der Waals surface area contributed by atoms with E-state index >= 15 is 0 Å². The summed E-state index contributed by atoms with van der Waals surface area (Å²) in [6.07, 6.45) is 0. The summed E-state index contributed by atoms with van der Waals surface area (Å²) in [5.41, 5.74) is 0.436. The van der Waals surface area contributed by atoms with Crippen molar-refractivity contribution in [2.24, 2.45) is 0 Å². The maximum Gasteiger partial charge on any atom is 0.264 e. The van der Waals surface area contributed by atoms with Crippen LogP contribution in [0.5, 0.6) is 0 Å². The third kappa shape index (κ3) is 4.13. The fraction of sp³-hybridized carbons (Fsp3) is 0.118. The van der Waals surface area contributed by atoms with Crippen LogP contribution in [0.4, 0.5) is 11.5 Å². The van der Waals surface area contributed by atoms with Crippen LogP contribution < -0.4 is 9.44 Å². The fourth-order valence-corrected chi connectivity index (χ4v) is 5.12. The van der Waals surface area contributed by atoms with Gasteiger partial charge in [0.2, 0.25) is 0 Å². The summed E-state index contributed by atoms with van der Waals surface area (Å²) in [7, 11) is -7.89. The zero-order chi connectivity index (χ0) is 20.5. The Morgan fingerprint density at radius 2 is 1.61 bits per heavy atom. The molecule has 28 heavy (non-hydrogen) atoms. The summed E-state index contributed by atoms with van der Waals surface area (Å²) in [5, 5.41) is 3.47. The molecule has 1 heterocycles. The van der Waals surface area contributed by atoms with E-state index in [9.17, 15) is 16.8 Å². The van der Waals surface area contributed by atoms with Crippen LogP contribution in [-0.4, -0.2) is 22.0 Å². The average Bonchev–Trinajstić information content (AvgIpc) is 3.03. The third-order valence-corrected chi connectivity index (χ3v) is 7.18. The van der Waals surface area contributed by atoms with Gasteiger partial charge in [0.25, 0.3) is 20.0 Å². The Hall–Kier alpha value is -2.56. The Morgan fingerprint density at radius 1 is 0.929 bits per heavy atom. The molecule has 0 saturated carbocycles. The molecule has 0 aliphatic carbocycles. The molecule has 0 radical (unpaired) electrons. The highest BCUT2D eigenvalue weighted by molar-refractivity contribution is 7.93. The lowest BCUT2D eigenvalue weighted by Gasteiger charge is -2.14. The van der Waals surface area contributed by atoms with Crippen molar-refractivity contribution in [3.8, 4) is 0 Å². The number of aromatic nitrogens is 1. The Kier molecular flexibility index (Phi) is 5.37. The largest absolute Gasteiger partial charge is 0.360 e. The second-order valence-corrected chi connectivity index (χ2v) is 9.61. The molecule has 2 N–H and O–H groups in total. The van der Waals surface area contributed by atoms with E-state index in [2.05, 4.69) is 14.6 Å². The van der Waals surface area contributed by atoms with E-state index in [1.54, 1.807) is 25.1 Å². The van der Waals surface area contributed by atoms with Crippen molar-refractivity contribution in [2.45, 2.75) is 23.6 Å². The van der Waals surface area contributed by atoms with E-state index < -0.39 is 20.0 Å². The molecule has 148 valence electrons. The Morgan fingerprint density at radius 3 is 2.21 bits per heavy atom. The van der Waals surface area contributed by atoms with E-state index in [4.69, 9.17) is 16.1 Å². The summed E-state index contributed by atoms with van der Waals surface area (Å²) in [4.78, 5) is -0.139. The second kappa shape index (κ2) is 7.46. The zero-order valence-electron chi connectivity index (χ0n) is 14.8. The van der Waals surface area contributed by atoms with Gasteiger partial charge in [-0.05, 0) is 43.7 Å². The molecule has 2 aromatic carbocycles. The van der Waals surface area contributed by atoms with Crippen molar-refractivity contribution in [3.05, 3.63) is 64.9 Å². The maximum atomic E-state index is 12.6. The predicted octanol–water partition coefficient (Wildman–Crippen LogP) is 3.55. The zero-order valence-corrected chi connectivity index (χ0v) is 17.2. The molecule has 0 bridgehead atoms. The van der Waals surface area contributed by atoms with Crippen LogP contribution in [0.15, 0.2) is 62.8 Å². The maximum absolute atomic E-state index is 12.6. The van der Waals surface area contributed by atoms with Gasteiger partial charge in [0.15, 0.2) is 5.82 Å². The van der Waals surface area contributed by atoms with Gasteiger partial charge >= 0.3 is 0 Å². The second-order valence-electron chi connectivity index (χ2n) is 5.90. The lowest BCUT2D eigenvalue weighted by molar-refractivity contribution is 0.400. The Bertz CT molecular complexity index is 1220. The van der Waals surface area contributed by atoms with Crippen LogP contribution in [-0.2, 0) is 20.0 Å². The van der Waals surface area contributed by atoms with Crippen LogP contribution >= 0.6 is 11.6 Å². The highest BCUT2D eigenvalue weighted by atomic mass is 35.5. The SMILES string of the molecule is Cc1cc(NS(=O)(=O)c2ccc(NS(=O)(=O)c3ccccc3)c(C)c2Cl)no1. The molecule has 0 spiro atoms. The topological polar surface area (TPSA) is 118 Å². The summed E-state index contributed by atoms with van der Waals surface area (Å²) < 4.78 is 59.7. The lowest BCUT2D eigenvalue weighted by atomic mass is 10.2. The molecule has 0 atom stereocenters. The first kappa shape index (κ1) is 20.2. The van der Waals surface area contributed by atoms with Gasteiger partial charge in [0, 0.05) is 6.07 Å². The first-order chi connectivity index (χ1) is 13.1. The molecule has 0 saturated heterocycles. The first-order valence-electron chi connectivity index (χ1n) is 7.93. The average molecular weight is 442 g/mol. The van der Waals surface area contributed by atoms with Gasteiger partial charge in [-0.2, -0.15) is 0 Å². The summed E-state index contributed by atoms with van der Waals surface area (Å²) in [6.45, 7) is 3.14. The molecule has 0 fully saturated rings. The van der Waals surface area contributed by atoms with Crippen LogP contribution in [0.3, 0.4) is 0 Å². The molecule has 3 rings (SSSR count). The minimum atomic E-state index is -4.05. The van der Waals surface area contributed by atoms with Gasteiger partial charge in [0.05, 0.1) is 15.6 Å². The number of sulfonamides is 2. The smallest absolute Gasteiger partial charge is 0.264 e. The van der Waals surface area contributed by atoms with Crippen molar-refractivity contribution in [1.82, 2.24) is 5.16 Å². The molecule has 0 aliphatic rings. The number of benzene rings is 2. The Balaban J connectivity index is 1.93. The molecule has 3 aromatic rings. The monoisotopic (exact) mass is 441 g/mol. The third-order valence-electron chi connectivity index (χ3n) is 3.81. The van der Waals surface area contributed by atoms with Gasteiger partial charge in [-0.3, -0.25) is 9.44 Å². The summed E-state index contributed by atoms with van der Waals surface area (Å²) in [6, 6.07) is 11.8. The number of rotatable bonds is 6. The predicted molar refractivity (Wildman–Crippen MR) is 105 cm³/mol. The number of anilines is 2. The number of hydrogen-bond donors (Lipinski definition) is 2. The molecular formula is C17H16ClN3O5S2. The molecule has 11 heteroatoms. The van der Waals surface area contributed by atoms with Crippen molar-refractivity contribution >= 4 is 43.2 Å². The summed E-state index contributed by atoms with van der Waals surface area (Å²) >= 11 is 6.23. The number of halogens is 1. The molecule has 0 unspecified atom stereocenters. The van der Waals surface area contributed by atoms with Crippen LogP contribution in [0.1, 0.15) is 11.3 Å². The van der Waals surface area contributed by atoms with E-state index in [0.717, 1.165) is 0 Å². The minimum Gasteiger partial charge on any atom is -0.360 e. The van der Waals surface area contributed by atoms with Crippen LogP contribution in [0.25, 0.3) is 0 Å². The van der Waals surface area contributed by atoms with E-state index in [0.29, 0.717) is 5.76 Å². The number of aryl methyl sites for hydroxylation is 1. The quantitative estimate of drug-likeness (QED) is 0.603. The normalized spacial score (nSPS) is 12.0. The number of nitrogens with one attached hydrogen (secondary N) is 2. The van der Waals surface area contributed by atoms with Gasteiger partial charge in [-0.15, -0.1) is 0 Å². The van der Waals surface area contributed by atoms with Gasteiger partial charge < -0.3 is 4.52 Å². The van der Waals surface area contributed by atoms with Crippen LogP contribution in [0.2, 0.25) is 5.02 Å². The molecule has 0 aliphatic heterocycles.